The minimum atomic E-state index is 0.777. The van der Waals surface area contributed by atoms with Crippen LogP contribution in [0, 0.1) is 3.57 Å². The molecule has 21 heavy (non-hydrogen) atoms. The Morgan fingerprint density at radius 2 is 1.43 bits per heavy atom. The van der Waals surface area contributed by atoms with Crippen LogP contribution in [-0.4, -0.2) is 6.29 Å². The first kappa shape index (κ1) is 14.3. The first-order valence-corrected chi connectivity index (χ1v) is 8.06. The van der Waals surface area contributed by atoms with Gasteiger partial charge in [0.25, 0.3) is 0 Å². The zero-order chi connectivity index (χ0) is 14.7. The minimum absolute atomic E-state index is 0.777. The molecule has 0 aliphatic heterocycles. The summed E-state index contributed by atoms with van der Waals surface area (Å²) < 4.78 is 1.13. The third kappa shape index (κ3) is 3.16. The Bertz CT molecular complexity index is 734. The predicted molar refractivity (Wildman–Crippen MR) is 95.0 cm³/mol. The maximum atomic E-state index is 11.1. The number of aldehydes is 1. The molecule has 0 bridgehead atoms. The quantitative estimate of drug-likeness (QED) is 0.456. The molecule has 104 valence electrons. The summed E-state index contributed by atoms with van der Waals surface area (Å²) in [5.74, 6) is 0. The van der Waals surface area contributed by atoms with Gasteiger partial charge in [-0.3, -0.25) is 4.79 Å². The van der Waals surface area contributed by atoms with Crippen molar-refractivity contribution >= 4 is 28.9 Å². The number of hydrogen-bond acceptors (Lipinski definition) is 1. The van der Waals surface area contributed by atoms with Crippen molar-refractivity contribution in [3.63, 3.8) is 0 Å². The van der Waals surface area contributed by atoms with E-state index in [1.165, 1.54) is 11.1 Å². The van der Waals surface area contributed by atoms with Crippen LogP contribution in [0.4, 0.5) is 0 Å². The van der Waals surface area contributed by atoms with Gasteiger partial charge in [-0.1, -0.05) is 54.6 Å². The summed E-state index contributed by atoms with van der Waals surface area (Å²) in [5, 5.41) is 0. The molecule has 1 aromatic carbocycles. The largest absolute Gasteiger partial charge is 0.298 e. The van der Waals surface area contributed by atoms with E-state index in [9.17, 15) is 4.79 Å². The summed E-state index contributed by atoms with van der Waals surface area (Å²) in [6, 6.07) is 21.0. The number of rotatable bonds is 4. The second-order valence-electron chi connectivity index (χ2n) is 5.12. The van der Waals surface area contributed by atoms with E-state index in [1.54, 1.807) is 0 Å². The van der Waals surface area contributed by atoms with Crippen LogP contribution in [0.25, 0.3) is 11.1 Å². The van der Waals surface area contributed by atoms with Crippen molar-refractivity contribution in [2.45, 2.75) is 12.8 Å². The van der Waals surface area contributed by atoms with Gasteiger partial charge in [-0.15, -0.1) is 0 Å². The average Bonchev–Trinajstić information content (AvgIpc) is 2.70. The van der Waals surface area contributed by atoms with E-state index in [2.05, 4.69) is 71.1 Å². The van der Waals surface area contributed by atoms with Crippen LogP contribution in [0.5, 0.6) is 0 Å². The number of halogens is 1. The first-order chi connectivity index (χ1) is 10.3. The van der Waals surface area contributed by atoms with Gasteiger partial charge in [0.15, 0.2) is 6.29 Å². The molecular weight excluding hydrogens is 371 g/mol. The average molecular weight is 386 g/mol. The number of hydrogen-bond donors (Lipinski definition) is 0. The molecular formula is C19H15IO. The summed E-state index contributed by atoms with van der Waals surface area (Å²) in [6.45, 7) is 0. The Balaban J connectivity index is 1.87. The molecule has 0 fully saturated rings. The Morgan fingerprint density at radius 1 is 0.810 bits per heavy atom. The molecule has 0 aromatic heterocycles. The molecule has 2 aliphatic rings. The molecule has 2 aliphatic carbocycles. The van der Waals surface area contributed by atoms with Crippen LogP contribution in [0.3, 0.4) is 0 Å². The van der Waals surface area contributed by atoms with E-state index in [-0.39, 0.29) is 0 Å². The SMILES string of the molecule is O=Cc1cc(I)c2ccc(CCc3ccccc3)ccc1-2. The third-order valence-corrected chi connectivity index (χ3v) is 4.63. The molecule has 0 saturated carbocycles. The maximum Gasteiger partial charge on any atom is 0.150 e. The lowest BCUT2D eigenvalue weighted by molar-refractivity contribution is 0.112. The standard InChI is InChI=1S/C19H15IO/c20-19-12-16(13-21)17-10-8-15(9-11-18(17)19)7-6-14-4-2-1-3-5-14/h1-5,8-13H,6-7H2. The topological polar surface area (TPSA) is 17.1 Å². The van der Waals surface area contributed by atoms with Crippen LogP contribution in [0.1, 0.15) is 21.5 Å². The monoisotopic (exact) mass is 386 g/mol. The fraction of sp³-hybridized carbons (Fsp3) is 0.105. The number of fused-ring (bicyclic) bond motifs is 1. The highest BCUT2D eigenvalue weighted by Crippen LogP contribution is 2.32. The van der Waals surface area contributed by atoms with E-state index in [1.807, 2.05) is 12.1 Å². The third-order valence-electron chi connectivity index (χ3n) is 3.74. The number of carbonyl (C=O) groups is 1. The van der Waals surface area contributed by atoms with Gasteiger partial charge in [-0.05, 0) is 63.8 Å². The van der Waals surface area contributed by atoms with E-state index in [0.29, 0.717) is 0 Å². The van der Waals surface area contributed by atoms with Gasteiger partial charge in [0.2, 0.25) is 0 Å². The van der Waals surface area contributed by atoms with E-state index >= 15 is 0 Å². The molecule has 0 spiro atoms. The first-order valence-electron chi connectivity index (χ1n) is 6.98. The van der Waals surface area contributed by atoms with Crippen molar-refractivity contribution in [3.05, 3.63) is 80.9 Å². The molecule has 0 amide bonds. The molecule has 1 nitrogen and oxygen atoms in total. The Kier molecular flexibility index (Phi) is 4.34. The van der Waals surface area contributed by atoms with Gasteiger partial charge < -0.3 is 0 Å². The Labute approximate surface area is 138 Å². The number of benzene rings is 1. The molecule has 1 aromatic rings. The van der Waals surface area contributed by atoms with Crippen molar-refractivity contribution in [2.75, 3.05) is 0 Å². The summed E-state index contributed by atoms with van der Waals surface area (Å²) >= 11 is 2.29. The second kappa shape index (κ2) is 6.39. The zero-order valence-corrected chi connectivity index (χ0v) is 13.7. The van der Waals surface area contributed by atoms with Gasteiger partial charge in [-0.2, -0.15) is 0 Å². The fourth-order valence-corrected chi connectivity index (χ4v) is 3.37. The predicted octanol–water partition coefficient (Wildman–Crippen LogP) is 4.99. The maximum absolute atomic E-state index is 11.1. The highest BCUT2D eigenvalue weighted by atomic mass is 127. The van der Waals surface area contributed by atoms with Crippen LogP contribution in [-0.2, 0) is 12.8 Å². The summed E-state index contributed by atoms with van der Waals surface area (Å²) in [6.07, 6.45) is 2.98. The zero-order valence-electron chi connectivity index (χ0n) is 11.6. The number of aryl methyl sites for hydroxylation is 2. The van der Waals surface area contributed by atoms with Crippen molar-refractivity contribution in [2.24, 2.45) is 0 Å². The van der Waals surface area contributed by atoms with E-state index < -0.39 is 0 Å². The van der Waals surface area contributed by atoms with Crippen molar-refractivity contribution in [1.29, 1.82) is 0 Å². The molecule has 0 N–H and O–H groups in total. The lowest BCUT2D eigenvalue weighted by Crippen LogP contribution is -1.89. The minimum Gasteiger partial charge on any atom is -0.298 e. The van der Waals surface area contributed by atoms with E-state index in [4.69, 9.17) is 0 Å². The van der Waals surface area contributed by atoms with Crippen molar-refractivity contribution in [3.8, 4) is 11.1 Å². The van der Waals surface area contributed by atoms with Gasteiger partial charge in [0.05, 0.1) is 0 Å². The summed E-state index contributed by atoms with van der Waals surface area (Å²) in [7, 11) is 0. The lowest BCUT2D eigenvalue weighted by Gasteiger charge is -1.99. The summed E-state index contributed by atoms with van der Waals surface area (Å²) in [4.78, 5) is 11.1. The normalized spacial score (nSPS) is 10.7. The molecule has 0 radical (unpaired) electrons. The smallest absolute Gasteiger partial charge is 0.150 e. The van der Waals surface area contributed by atoms with Gasteiger partial charge in [0.1, 0.15) is 0 Å². The molecule has 3 rings (SSSR count). The van der Waals surface area contributed by atoms with Crippen LogP contribution in [0.2, 0.25) is 0 Å². The van der Waals surface area contributed by atoms with Crippen LogP contribution in [0.15, 0.2) is 60.7 Å². The molecule has 0 atom stereocenters. The van der Waals surface area contributed by atoms with Gasteiger partial charge in [-0.25, -0.2) is 0 Å². The number of carbonyl (C=O) groups excluding carboxylic acids is 1. The van der Waals surface area contributed by atoms with Crippen LogP contribution < -0.4 is 0 Å². The van der Waals surface area contributed by atoms with Gasteiger partial charge in [0, 0.05) is 9.13 Å². The van der Waals surface area contributed by atoms with Crippen molar-refractivity contribution < 1.29 is 4.79 Å². The summed E-state index contributed by atoms with van der Waals surface area (Å²) in [5.41, 5.74) is 5.62. The Hall–Kier alpha value is -1.68. The lowest BCUT2D eigenvalue weighted by atomic mass is 10.1. The molecule has 0 heterocycles. The highest BCUT2D eigenvalue weighted by molar-refractivity contribution is 14.1. The van der Waals surface area contributed by atoms with E-state index in [0.717, 1.165) is 39.4 Å². The highest BCUT2D eigenvalue weighted by Gasteiger charge is 2.12. The fourth-order valence-electron chi connectivity index (χ4n) is 2.57. The van der Waals surface area contributed by atoms with Crippen molar-refractivity contribution in [1.82, 2.24) is 0 Å². The Morgan fingerprint density at radius 3 is 2.10 bits per heavy atom. The molecule has 0 saturated heterocycles. The van der Waals surface area contributed by atoms with Gasteiger partial charge >= 0.3 is 0 Å². The second-order valence-corrected chi connectivity index (χ2v) is 6.28. The molecule has 2 heteroatoms. The molecule has 0 unspecified atom stereocenters. The van der Waals surface area contributed by atoms with Crippen LogP contribution >= 0.6 is 22.6 Å².